The van der Waals surface area contributed by atoms with E-state index in [-0.39, 0.29) is 0 Å². The van der Waals surface area contributed by atoms with E-state index in [1.807, 2.05) is 11.3 Å². The Morgan fingerprint density at radius 2 is 0.439 bits per heavy atom. The van der Waals surface area contributed by atoms with Gasteiger partial charge in [-0.3, -0.25) is 0 Å². The zero-order valence-corrected chi connectivity index (χ0v) is 45.8. The van der Waals surface area contributed by atoms with Crippen LogP contribution in [0.15, 0.2) is 334 Å². The Labute approximate surface area is 483 Å². The predicted molar refractivity (Wildman–Crippen MR) is 351 cm³/mol. The third kappa shape index (κ3) is 10.0. The number of thiophene rings is 1. The number of anilines is 9. The maximum Gasteiger partial charge on any atom is 0.0640 e. The van der Waals surface area contributed by atoms with Crippen molar-refractivity contribution in [3.05, 3.63) is 334 Å². The van der Waals surface area contributed by atoms with Crippen LogP contribution in [-0.4, -0.2) is 0 Å². The summed E-state index contributed by atoms with van der Waals surface area (Å²) in [6.07, 6.45) is 0. The molecule has 82 heavy (non-hydrogen) atoms. The standard InChI is InChI=1S/C78H55N3S/c1-6-19-56(20-7-1)61-33-43-66(44-34-61)79(67-45-35-62(36-46-67)57-21-8-2-9-22-57)71-53-72(80(68-47-37-63(38-48-68)58-23-10-3-11-24-58)69-49-39-64(40-50-69)59-25-12-4-13-26-59)55-73(54-71)81(70-51-41-65(42-52-70)60-27-14-5-15-28-60)76-31-18-30-75-74-29-16-17-32-77(74)82-78(75)76/h1-55H. The van der Waals surface area contributed by atoms with Crippen LogP contribution >= 0.6 is 11.3 Å². The van der Waals surface area contributed by atoms with Gasteiger partial charge < -0.3 is 14.7 Å². The van der Waals surface area contributed by atoms with Crippen LogP contribution in [0.1, 0.15) is 0 Å². The van der Waals surface area contributed by atoms with E-state index in [1.165, 1.54) is 48.0 Å². The molecule has 0 saturated carbocycles. The number of nitrogens with zero attached hydrogens (tertiary/aromatic N) is 3. The van der Waals surface area contributed by atoms with Gasteiger partial charge in [0.25, 0.3) is 0 Å². The fraction of sp³-hybridized carbons (Fsp3) is 0. The van der Waals surface area contributed by atoms with E-state index in [9.17, 15) is 0 Å². The lowest BCUT2D eigenvalue weighted by molar-refractivity contribution is 1.23. The Morgan fingerprint density at radius 3 is 0.768 bits per heavy atom. The maximum atomic E-state index is 2.48. The van der Waals surface area contributed by atoms with Crippen molar-refractivity contribution >= 4 is 82.7 Å². The molecule has 388 valence electrons. The Balaban J connectivity index is 1.03. The van der Waals surface area contributed by atoms with Crippen molar-refractivity contribution in [2.75, 3.05) is 14.7 Å². The zero-order chi connectivity index (χ0) is 54.6. The summed E-state index contributed by atoms with van der Waals surface area (Å²) in [5.74, 6) is 0. The fourth-order valence-corrected chi connectivity index (χ4v) is 12.6. The van der Waals surface area contributed by atoms with E-state index in [4.69, 9.17) is 0 Å². The fourth-order valence-electron chi connectivity index (χ4n) is 11.4. The normalized spacial score (nSPS) is 11.2. The highest BCUT2D eigenvalue weighted by atomic mass is 32.1. The lowest BCUT2D eigenvalue weighted by atomic mass is 10.0. The van der Waals surface area contributed by atoms with Gasteiger partial charge in [-0.05, 0) is 147 Å². The molecule has 0 amide bonds. The monoisotopic (exact) mass is 1070 g/mol. The van der Waals surface area contributed by atoms with E-state index >= 15 is 0 Å². The van der Waals surface area contributed by atoms with Crippen LogP contribution in [0.5, 0.6) is 0 Å². The minimum absolute atomic E-state index is 0.994. The van der Waals surface area contributed by atoms with Crippen LogP contribution in [0.4, 0.5) is 51.2 Å². The first kappa shape index (κ1) is 49.8. The van der Waals surface area contributed by atoms with Crippen molar-refractivity contribution < 1.29 is 0 Å². The van der Waals surface area contributed by atoms with E-state index in [1.54, 1.807) is 0 Å². The summed E-state index contributed by atoms with van der Waals surface area (Å²) < 4.78 is 2.48. The van der Waals surface area contributed by atoms with Crippen molar-refractivity contribution in [3.63, 3.8) is 0 Å². The van der Waals surface area contributed by atoms with Gasteiger partial charge in [0.1, 0.15) is 0 Å². The molecule has 0 spiro atoms. The van der Waals surface area contributed by atoms with Crippen LogP contribution in [0.25, 0.3) is 75.8 Å². The van der Waals surface area contributed by atoms with Crippen LogP contribution in [-0.2, 0) is 0 Å². The summed E-state index contributed by atoms with van der Waals surface area (Å²) in [6.45, 7) is 0. The largest absolute Gasteiger partial charge is 0.310 e. The van der Waals surface area contributed by atoms with Crippen molar-refractivity contribution in [2.45, 2.75) is 0 Å². The second kappa shape index (κ2) is 22.3. The minimum atomic E-state index is 0.994. The molecule has 1 heterocycles. The average molecular weight is 1070 g/mol. The van der Waals surface area contributed by atoms with Gasteiger partial charge in [-0.1, -0.05) is 243 Å². The minimum Gasteiger partial charge on any atom is -0.310 e. The summed E-state index contributed by atoms with van der Waals surface area (Å²) in [4.78, 5) is 7.31. The average Bonchev–Trinajstić information content (AvgIpc) is 3.69. The molecule has 14 rings (SSSR count). The Hall–Kier alpha value is -10.5. The molecule has 14 aromatic rings. The molecule has 3 nitrogen and oxygen atoms in total. The Morgan fingerprint density at radius 1 is 0.183 bits per heavy atom. The third-order valence-corrected chi connectivity index (χ3v) is 16.7. The molecule has 0 bridgehead atoms. The molecule has 0 atom stereocenters. The smallest absolute Gasteiger partial charge is 0.0640 e. The van der Waals surface area contributed by atoms with Crippen LogP contribution in [0, 0.1) is 0 Å². The molecule has 4 heteroatoms. The van der Waals surface area contributed by atoms with E-state index in [0.29, 0.717) is 0 Å². The van der Waals surface area contributed by atoms with Crippen molar-refractivity contribution in [2.24, 2.45) is 0 Å². The summed E-state index contributed by atoms with van der Waals surface area (Å²) in [5, 5.41) is 2.49. The molecular weight excluding hydrogens is 1010 g/mol. The second-order valence-electron chi connectivity index (χ2n) is 20.5. The highest BCUT2D eigenvalue weighted by Crippen LogP contribution is 2.50. The summed E-state index contributed by atoms with van der Waals surface area (Å²) >= 11 is 1.85. The van der Waals surface area contributed by atoms with Gasteiger partial charge in [0.2, 0.25) is 0 Å². The van der Waals surface area contributed by atoms with Gasteiger partial charge in [0, 0.05) is 43.9 Å². The van der Waals surface area contributed by atoms with Crippen molar-refractivity contribution in [1.29, 1.82) is 0 Å². The highest BCUT2D eigenvalue weighted by Gasteiger charge is 2.25. The van der Waals surface area contributed by atoms with Gasteiger partial charge in [-0.2, -0.15) is 0 Å². The SMILES string of the molecule is c1ccc(-c2ccc(N(c3ccc(-c4ccccc4)cc3)c3cc(N(c4ccc(-c5ccccc5)cc4)c4ccc(-c5ccccc5)cc4)cc(N(c4ccc(-c5ccccc5)cc4)c4cccc5c4sc4ccccc45)c3)cc2)cc1. The third-order valence-electron chi connectivity index (χ3n) is 15.4. The van der Waals surface area contributed by atoms with Gasteiger partial charge >= 0.3 is 0 Å². The van der Waals surface area contributed by atoms with E-state index < -0.39 is 0 Å². The Kier molecular flexibility index (Phi) is 13.5. The first-order valence-corrected chi connectivity index (χ1v) is 28.7. The second-order valence-corrected chi connectivity index (χ2v) is 21.6. The lowest BCUT2D eigenvalue weighted by Gasteiger charge is -2.33. The summed E-state index contributed by atoms with van der Waals surface area (Å²) in [5.41, 5.74) is 20.9. The molecule has 0 radical (unpaired) electrons. The summed E-state index contributed by atoms with van der Waals surface area (Å²) in [7, 11) is 0. The first-order valence-electron chi connectivity index (χ1n) is 27.9. The molecule has 0 fully saturated rings. The van der Waals surface area contributed by atoms with E-state index in [0.717, 1.165) is 79.0 Å². The van der Waals surface area contributed by atoms with Gasteiger partial charge in [-0.25, -0.2) is 0 Å². The number of hydrogen-bond donors (Lipinski definition) is 0. The summed E-state index contributed by atoms with van der Waals surface area (Å²) in [6, 6.07) is 121. The molecule has 0 aliphatic carbocycles. The van der Waals surface area contributed by atoms with Crippen LogP contribution < -0.4 is 14.7 Å². The topological polar surface area (TPSA) is 9.72 Å². The number of fused-ring (bicyclic) bond motifs is 3. The molecule has 0 N–H and O–H groups in total. The highest BCUT2D eigenvalue weighted by molar-refractivity contribution is 7.26. The number of hydrogen-bond acceptors (Lipinski definition) is 4. The van der Waals surface area contributed by atoms with E-state index in [2.05, 4.69) is 348 Å². The molecule has 0 aliphatic heterocycles. The zero-order valence-electron chi connectivity index (χ0n) is 45.0. The van der Waals surface area contributed by atoms with Crippen LogP contribution in [0.3, 0.4) is 0 Å². The first-order chi connectivity index (χ1) is 40.6. The van der Waals surface area contributed by atoms with Crippen molar-refractivity contribution in [3.8, 4) is 55.6 Å². The van der Waals surface area contributed by atoms with Gasteiger partial charge in [-0.15, -0.1) is 11.3 Å². The van der Waals surface area contributed by atoms with Gasteiger partial charge in [0.05, 0.1) is 27.4 Å². The molecular formula is C78H55N3S. The molecule has 0 aliphatic rings. The number of rotatable bonds is 14. The lowest BCUT2D eigenvalue weighted by Crippen LogP contribution is -2.16. The number of benzene rings is 13. The van der Waals surface area contributed by atoms with Gasteiger partial charge in [0.15, 0.2) is 0 Å². The quantitative estimate of drug-likeness (QED) is 0.107. The molecule has 13 aromatic carbocycles. The molecule has 0 unspecified atom stereocenters. The maximum absolute atomic E-state index is 2.48. The molecule has 1 aromatic heterocycles. The Bertz CT molecular complexity index is 4080. The van der Waals surface area contributed by atoms with Crippen molar-refractivity contribution in [1.82, 2.24) is 0 Å². The molecule has 0 saturated heterocycles. The van der Waals surface area contributed by atoms with Crippen LogP contribution in [0.2, 0.25) is 0 Å². The predicted octanol–water partition coefficient (Wildman–Crippen LogP) is 22.8.